The molecule has 0 bridgehead atoms. The Kier molecular flexibility index (Phi) is 14.6. The van der Waals surface area contributed by atoms with E-state index in [1.54, 1.807) is 0 Å². The van der Waals surface area contributed by atoms with Crippen LogP contribution in [0.25, 0.3) is 0 Å². The molecular weight excluding hydrogens is 266 g/mol. The van der Waals surface area contributed by atoms with Gasteiger partial charge in [0.25, 0.3) is 0 Å². The summed E-state index contributed by atoms with van der Waals surface area (Å²) in [6.45, 7) is 2.95. The van der Waals surface area contributed by atoms with E-state index in [4.69, 9.17) is 5.11 Å². The van der Waals surface area contributed by atoms with Crippen LogP contribution in [0.15, 0.2) is 0 Å². The van der Waals surface area contributed by atoms with E-state index in [9.17, 15) is 9.59 Å². The van der Waals surface area contributed by atoms with Gasteiger partial charge in [0.15, 0.2) is 0 Å². The lowest BCUT2D eigenvalue weighted by molar-refractivity contribution is -0.137. The maximum Gasteiger partial charge on any atom is 0.303 e. The molecule has 124 valence electrons. The Hall–Kier alpha value is -1.06. The molecule has 0 aliphatic carbocycles. The molecule has 0 spiro atoms. The van der Waals surface area contributed by atoms with Crippen molar-refractivity contribution in [3.05, 3.63) is 0 Å². The predicted octanol–water partition coefficient (Wildman–Crippen LogP) is 4.28. The van der Waals surface area contributed by atoms with Crippen LogP contribution >= 0.6 is 0 Å². The highest BCUT2D eigenvalue weighted by atomic mass is 16.4. The molecule has 0 atom stereocenters. The zero-order valence-electron chi connectivity index (χ0n) is 13.7. The molecule has 0 heterocycles. The Morgan fingerprint density at radius 1 is 0.762 bits per heavy atom. The summed E-state index contributed by atoms with van der Waals surface area (Å²) in [5, 5.41) is 11.5. The average Bonchev–Trinajstić information content (AvgIpc) is 2.44. The fourth-order valence-electron chi connectivity index (χ4n) is 2.31. The predicted molar refractivity (Wildman–Crippen MR) is 86.3 cm³/mol. The number of carboxylic acid groups (broad SMARTS) is 1. The van der Waals surface area contributed by atoms with Gasteiger partial charge in [-0.3, -0.25) is 9.59 Å². The Morgan fingerprint density at radius 2 is 1.29 bits per heavy atom. The van der Waals surface area contributed by atoms with E-state index in [0.717, 1.165) is 51.5 Å². The standard InChI is InChI=1S/C17H33NO3/c1-2-3-10-13-16(19)18-15-12-9-7-5-4-6-8-11-14-17(20)21/h2-15H2,1H3,(H,18,19)(H,20,21). The third kappa shape index (κ3) is 16.9. The largest absolute Gasteiger partial charge is 0.481 e. The van der Waals surface area contributed by atoms with Gasteiger partial charge in [-0.25, -0.2) is 0 Å². The fourth-order valence-corrected chi connectivity index (χ4v) is 2.31. The summed E-state index contributed by atoms with van der Waals surface area (Å²) < 4.78 is 0. The van der Waals surface area contributed by atoms with Crippen molar-refractivity contribution in [3.8, 4) is 0 Å². The topological polar surface area (TPSA) is 66.4 Å². The van der Waals surface area contributed by atoms with Gasteiger partial charge in [0, 0.05) is 19.4 Å². The number of nitrogens with one attached hydrogen (secondary N) is 1. The quantitative estimate of drug-likeness (QED) is 0.444. The average molecular weight is 299 g/mol. The van der Waals surface area contributed by atoms with Crippen LogP contribution in [0.1, 0.15) is 90.4 Å². The van der Waals surface area contributed by atoms with E-state index < -0.39 is 5.97 Å². The molecule has 21 heavy (non-hydrogen) atoms. The van der Waals surface area contributed by atoms with Crippen molar-refractivity contribution in [2.24, 2.45) is 0 Å². The third-order valence-corrected chi connectivity index (χ3v) is 3.65. The minimum Gasteiger partial charge on any atom is -0.481 e. The molecule has 0 fully saturated rings. The number of unbranched alkanes of at least 4 members (excludes halogenated alkanes) is 9. The van der Waals surface area contributed by atoms with E-state index >= 15 is 0 Å². The second kappa shape index (κ2) is 15.3. The second-order valence-electron chi connectivity index (χ2n) is 5.78. The highest BCUT2D eigenvalue weighted by Gasteiger charge is 2.00. The van der Waals surface area contributed by atoms with Crippen LogP contribution in [-0.4, -0.2) is 23.5 Å². The monoisotopic (exact) mass is 299 g/mol. The van der Waals surface area contributed by atoms with Crippen molar-refractivity contribution in [2.75, 3.05) is 6.54 Å². The number of hydrogen-bond donors (Lipinski definition) is 2. The highest BCUT2D eigenvalue weighted by molar-refractivity contribution is 5.75. The number of carboxylic acids is 1. The third-order valence-electron chi connectivity index (χ3n) is 3.65. The molecule has 0 saturated carbocycles. The molecule has 0 aromatic rings. The van der Waals surface area contributed by atoms with Gasteiger partial charge in [0.1, 0.15) is 0 Å². The number of carbonyl (C=O) groups excluding carboxylic acids is 1. The number of carbonyl (C=O) groups is 2. The summed E-state index contributed by atoms with van der Waals surface area (Å²) in [5.41, 5.74) is 0. The van der Waals surface area contributed by atoms with Crippen LogP contribution in [0.2, 0.25) is 0 Å². The van der Waals surface area contributed by atoms with Gasteiger partial charge in [-0.15, -0.1) is 0 Å². The van der Waals surface area contributed by atoms with Gasteiger partial charge < -0.3 is 10.4 Å². The molecule has 0 rings (SSSR count). The molecule has 0 aliphatic heterocycles. The molecule has 0 radical (unpaired) electrons. The van der Waals surface area contributed by atoms with E-state index in [-0.39, 0.29) is 5.91 Å². The zero-order valence-corrected chi connectivity index (χ0v) is 13.7. The van der Waals surface area contributed by atoms with Crippen molar-refractivity contribution in [1.82, 2.24) is 5.32 Å². The number of amides is 1. The highest BCUT2D eigenvalue weighted by Crippen LogP contribution is 2.09. The summed E-state index contributed by atoms with van der Waals surface area (Å²) in [4.78, 5) is 21.8. The Morgan fingerprint density at radius 3 is 1.86 bits per heavy atom. The Bertz CT molecular complexity index is 267. The molecular formula is C17H33NO3. The first-order valence-electron chi connectivity index (χ1n) is 8.65. The first-order chi connectivity index (χ1) is 10.2. The maximum atomic E-state index is 11.4. The smallest absolute Gasteiger partial charge is 0.303 e. The van der Waals surface area contributed by atoms with Crippen molar-refractivity contribution < 1.29 is 14.7 Å². The molecule has 2 N–H and O–H groups in total. The zero-order chi connectivity index (χ0) is 15.8. The fraction of sp³-hybridized carbons (Fsp3) is 0.882. The van der Waals surface area contributed by atoms with Crippen LogP contribution in [-0.2, 0) is 9.59 Å². The van der Waals surface area contributed by atoms with Crippen molar-refractivity contribution in [3.63, 3.8) is 0 Å². The maximum absolute atomic E-state index is 11.4. The van der Waals surface area contributed by atoms with E-state index in [2.05, 4.69) is 12.2 Å². The Labute approximate surface area is 129 Å². The van der Waals surface area contributed by atoms with Crippen LogP contribution in [0.5, 0.6) is 0 Å². The van der Waals surface area contributed by atoms with E-state index in [0.29, 0.717) is 12.8 Å². The minimum atomic E-state index is -0.688. The first-order valence-corrected chi connectivity index (χ1v) is 8.65. The summed E-state index contributed by atoms with van der Waals surface area (Å²) in [6.07, 6.45) is 13.1. The van der Waals surface area contributed by atoms with Gasteiger partial charge >= 0.3 is 5.97 Å². The van der Waals surface area contributed by atoms with Gasteiger partial charge in [-0.05, 0) is 19.3 Å². The van der Waals surface area contributed by atoms with E-state index in [1.807, 2.05) is 0 Å². The van der Waals surface area contributed by atoms with Crippen molar-refractivity contribution >= 4 is 11.9 Å². The molecule has 4 nitrogen and oxygen atoms in total. The van der Waals surface area contributed by atoms with Crippen molar-refractivity contribution in [1.29, 1.82) is 0 Å². The lowest BCUT2D eigenvalue weighted by atomic mass is 10.1. The van der Waals surface area contributed by atoms with Gasteiger partial charge in [0.05, 0.1) is 0 Å². The molecule has 0 unspecified atom stereocenters. The molecule has 1 amide bonds. The summed E-state index contributed by atoms with van der Waals surface area (Å²) in [6, 6.07) is 0. The summed E-state index contributed by atoms with van der Waals surface area (Å²) in [7, 11) is 0. The van der Waals surface area contributed by atoms with Crippen LogP contribution in [0.4, 0.5) is 0 Å². The molecule has 4 heteroatoms. The number of aliphatic carboxylic acids is 1. The molecule has 0 aromatic heterocycles. The molecule has 0 saturated heterocycles. The van der Waals surface area contributed by atoms with Crippen molar-refractivity contribution in [2.45, 2.75) is 90.4 Å². The summed E-state index contributed by atoms with van der Waals surface area (Å²) >= 11 is 0. The van der Waals surface area contributed by atoms with Gasteiger partial charge in [-0.1, -0.05) is 58.3 Å². The molecule has 0 aliphatic rings. The minimum absolute atomic E-state index is 0.196. The van der Waals surface area contributed by atoms with Gasteiger partial charge in [-0.2, -0.15) is 0 Å². The number of hydrogen-bond acceptors (Lipinski definition) is 2. The van der Waals surface area contributed by atoms with E-state index in [1.165, 1.54) is 25.7 Å². The molecule has 0 aromatic carbocycles. The van der Waals surface area contributed by atoms with Crippen LogP contribution in [0, 0.1) is 0 Å². The lowest BCUT2D eigenvalue weighted by Crippen LogP contribution is -2.23. The second-order valence-corrected chi connectivity index (χ2v) is 5.78. The normalized spacial score (nSPS) is 10.5. The summed E-state index contributed by atoms with van der Waals surface area (Å²) in [5.74, 6) is -0.492. The van der Waals surface area contributed by atoms with Crippen LogP contribution < -0.4 is 5.32 Å². The van der Waals surface area contributed by atoms with Crippen LogP contribution in [0.3, 0.4) is 0 Å². The van der Waals surface area contributed by atoms with Gasteiger partial charge in [0.2, 0.25) is 5.91 Å². The Balaban J connectivity index is 3.11. The SMILES string of the molecule is CCCCCC(=O)NCCCCCCCCCCC(=O)O. The number of rotatable bonds is 15. The first kappa shape index (κ1) is 19.9. The lowest BCUT2D eigenvalue weighted by Gasteiger charge is -2.05.